The Morgan fingerprint density at radius 2 is 2.11 bits per heavy atom. The SMILES string of the molecule is CNCC1CCCN1C(C)c1cc(F)c(C)cc1F. The Hall–Kier alpha value is -1.00. The summed E-state index contributed by atoms with van der Waals surface area (Å²) in [6.45, 7) is 5.39. The molecule has 2 nitrogen and oxygen atoms in total. The molecule has 0 radical (unpaired) electrons. The number of nitrogens with zero attached hydrogens (tertiary/aromatic N) is 1. The van der Waals surface area contributed by atoms with Gasteiger partial charge in [-0.3, -0.25) is 4.90 Å². The smallest absolute Gasteiger partial charge is 0.128 e. The first-order valence-electron chi connectivity index (χ1n) is 6.90. The maximum atomic E-state index is 14.0. The molecule has 0 spiro atoms. The number of nitrogens with one attached hydrogen (secondary N) is 1. The molecular formula is C15H22F2N2. The zero-order chi connectivity index (χ0) is 14.0. The minimum absolute atomic E-state index is 0.0871. The molecule has 0 aliphatic carbocycles. The Balaban J connectivity index is 2.23. The second kappa shape index (κ2) is 5.97. The normalized spacial score (nSPS) is 21.8. The van der Waals surface area contributed by atoms with E-state index in [-0.39, 0.29) is 17.7 Å². The quantitative estimate of drug-likeness (QED) is 0.903. The van der Waals surface area contributed by atoms with Crippen molar-refractivity contribution in [2.24, 2.45) is 0 Å². The van der Waals surface area contributed by atoms with E-state index in [1.54, 1.807) is 6.92 Å². The van der Waals surface area contributed by atoms with Gasteiger partial charge in [0.05, 0.1) is 0 Å². The number of likely N-dealkylation sites (tertiary alicyclic amines) is 1. The van der Waals surface area contributed by atoms with Crippen molar-refractivity contribution in [2.45, 2.75) is 38.8 Å². The molecule has 0 amide bonds. The third kappa shape index (κ3) is 2.95. The predicted molar refractivity (Wildman–Crippen MR) is 73.2 cm³/mol. The van der Waals surface area contributed by atoms with Gasteiger partial charge in [-0.1, -0.05) is 0 Å². The van der Waals surface area contributed by atoms with Gasteiger partial charge < -0.3 is 5.32 Å². The molecule has 2 unspecified atom stereocenters. The molecule has 1 aliphatic rings. The summed E-state index contributed by atoms with van der Waals surface area (Å²) in [4.78, 5) is 2.27. The summed E-state index contributed by atoms with van der Waals surface area (Å²) in [7, 11) is 1.92. The van der Waals surface area contributed by atoms with Crippen LogP contribution in [-0.4, -0.2) is 31.1 Å². The number of aryl methyl sites for hydroxylation is 1. The van der Waals surface area contributed by atoms with E-state index in [9.17, 15) is 8.78 Å². The van der Waals surface area contributed by atoms with Gasteiger partial charge >= 0.3 is 0 Å². The van der Waals surface area contributed by atoms with Crippen molar-refractivity contribution in [3.63, 3.8) is 0 Å². The molecule has 2 rings (SSSR count). The third-order valence-electron chi connectivity index (χ3n) is 4.09. The lowest BCUT2D eigenvalue weighted by Gasteiger charge is -2.31. The van der Waals surface area contributed by atoms with Crippen LogP contribution in [0.1, 0.15) is 36.9 Å². The average molecular weight is 268 g/mol. The van der Waals surface area contributed by atoms with Crippen molar-refractivity contribution >= 4 is 0 Å². The van der Waals surface area contributed by atoms with Crippen LogP contribution >= 0.6 is 0 Å². The molecule has 0 saturated carbocycles. The zero-order valence-electron chi connectivity index (χ0n) is 11.8. The molecule has 0 bridgehead atoms. The Bertz CT molecular complexity index is 448. The number of halogens is 2. The van der Waals surface area contributed by atoms with Crippen molar-refractivity contribution in [1.29, 1.82) is 0 Å². The number of likely N-dealkylation sites (N-methyl/N-ethyl adjacent to an activating group) is 1. The molecule has 2 atom stereocenters. The topological polar surface area (TPSA) is 15.3 Å². The van der Waals surface area contributed by atoms with E-state index in [1.165, 1.54) is 12.1 Å². The van der Waals surface area contributed by atoms with Gasteiger partial charge in [0.25, 0.3) is 0 Å². The van der Waals surface area contributed by atoms with Crippen LogP contribution in [0, 0.1) is 18.6 Å². The van der Waals surface area contributed by atoms with Crippen LogP contribution in [0.25, 0.3) is 0 Å². The molecule has 19 heavy (non-hydrogen) atoms. The molecule has 1 aliphatic heterocycles. The molecule has 1 aromatic carbocycles. The Morgan fingerprint density at radius 3 is 2.79 bits per heavy atom. The summed E-state index contributed by atoms with van der Waals surface area (Å²) in [5.74, 6) is -0.630. The summed E-state index contributed by atoms with van der Waals surface area (Å²) < 4.78 is 27.7. The Kier molecular flexibility index (Phi) is 4.53. The standard InChI is InChI=1S/C15H22F2N2/c1-10-7-15(17)13(8-14(10)16)11(2)19-6-4-5-12(19)9-18-3/h7-8,11-12,18H,4-6,9H2,1-3H3. The fourth-order valence-corrected chi connectivity index (χ4v) is 2.98. The molecule has 1 heterocycles. The van der Waals surface area contributed by atoms with E-state index >= 15 is 0 Å². The van der Waals surface area contributed by atoms with Crippen LogP contribution in [0.5, 0.6) is 0 Å². The highest BCUT2D eigenvalue weighted by molar-refractivity contribution is 5.27. The van der Waals surface area contributed by atoms with Crippen molar-refractivity contribution in [2.75, 3.05) is 20.1 Å². The van der Waals surface area contributed by atoms with E-state index in [4.69, 9.17) is 0 Å². The van der Waals surface area contributed by atoms with E-state index in [1.807, 2.05) is 14.0 Å². The van der Waals surface area contributed by atoms with Gasteiger partial charge in [0.15, 0.2) is 0 Å². The predicted octanol–water partition coefficient (Wildman–Crippen LogP) is 3.02. The van der Waals surface area contributed by atoms with Gasteiger partial charge in [-0.25, -0.2) is 8.78 Å². The van der Waals surface area contributed by atoms with Gasteiger partial charge in [0.2, 0.25) is 0 Å². The number of hydrogen-bond donors (Lipinski definition) is 1. The van der Waals surface area contributed by atoms with Gasteiger partial charge in [0, 0.05) is 24.2 Å². The van der Waals surface area contributed by atoms with E-state index in [0.717, 1.165) is 25.9 Å². The summed E-state index contributed by atoms with van der Waals surface area (Å²) in [6.07, 6.45) is 2.23. The van der Waals surface area contributed by atoms with Crippen LogP contribution < -0.4 is 5.32 Å². The first kappa shape index (κ1) is 14.4. The fraction of sp³-hybridized carbons (Fsp3) is 0.600. The molecule has 1 saturated heterocycles. The van der Waals surface area contributed by atoms with E-state index in [0.29, 0.717) is 17.2 Å². The molecule has 4 heteroatoms. The molecule has 1 aromatic rings. The van der Waals surface area contributed by atoms with Crippen LogP contribution in [-0.2, 0) is 0 Å². The largest absolute Gasteiger partial charge is 0.318 e. The lowest BCUT2D eigenvalue weighted by atomic mass is 10.0. The van der Waals surface area contributed by atoms with Gasteiger partial charge in [-0.2, -0.15) is 0 Å². The highest BCUT2D eigenvalue weighted by Crippen LogP contribution is 2.31. The second-order valence-corrected chi connectivity index (χ2v) is 5.39. The summed E-state index contributed by atoms with van der Waals surface area (Å²) in [6, 6.07) is 2.97. The number of benzene rings is 1. The van der Waals surface area contributed by atoms with E-state index < -0.39 is 0 Å². The first-order valence-corrected chi connectivity index (χ1v) is 6.90. The van der Waals surface area contributed by atoms with Crippen LogP contribution in [0.3, 0.4) is 0 Å². The van der Waals surface area contributed by atoms with E-state index in [2.05, 4.69) is 10.2 Å². The number of rotatable bonds is 4. The third-order valence-corrected chi connectivity index (χ3v) is 4.09. The molecule has 1 N–H and O–H groups in total. The van der Waals surface area contributed by atoms with Crippen LogP contribution in [0.15, 0.2) is 12.1 Å². The minimum Gasteiger partial charge on any atom is -0.318 e. The molecule has 1 fully saturated rings. The maximum Gasteiger partial charge on any atom is 0.128 e. The molecule has 0 aromatic heterocycles. The van der Waals surface area contributed by atoms with Gasteiger partial charge in [-0.05, 0) is 58.0 Å². The van der Waals surface area contributed by atoms with Crippen molar-refractivity contribution < 1.29 is 8.78 Å². The van der Waals surface area contributed by atoms with Crippen LogP contribution in [0.2, 0.25) is 0 Å². The summed E-state index contributed by atoms with van der Waals surface area (Å²) in [5, 5.41) is 3.17. The Labute approximate surface area is 113 Å². The summed E-state index contributed by atoms with van der Waals surface area (Å²) >= 11 is 0. The number of hydrogen-bond acceptors (Lipinski definition) is 2. The summed E-state index contributed by atoms with van der Waals surface area (Å²) in [5.41, 5.74) is 0.827. The van der Waals surface area contributed by atoms with Crippen molar-refractivity contribution in [1.82, 2.24) is 10.2 Å². The monoisotopic (exact) mass is 268 g/mol. The second-order valence-electron chi connectivity index (χ2n) is 5.39. The van der Waals surface area contributed by atoms with Crippen molar-refractivity contribution in [3.05, 3.63) is 34.9 Å². The highest BCUT2D eigenvalue weighted by atomic mass is 19.1. The zero-order valence-corrected chi connectivity index (χ0v) is 11.8. The minimum atomic E-state index is -0.326. The molecule has 106 valence electrons. The van der Waals surface area contributed by atoms with Crippen LogP contribution in [0.4, 0.5) is 8.78 Å². The first-order chi connectivity index (χ1) is 9.04. The molecular weight excluding hydrogens is 246 g/mol. The lowest BCUT2D eigenvalue weighted by molar-refractivity contribution is 0.187. The highest BCUT2D eigenvalue weighted by Gasteiger charge is 2.30. The average Bonchev–Trinajstić information content (AvgIpc) is 2.82. The van der Waals surface area contributed by atoms with Crippen molar-refractivity contribution in [3.8, 4) is 0 Å². The van der Waals surface area contributed by atoms with Gasteiger partial charge in [0.1, 0.15) is 11.6 Å². The Morgan fingerprint density at radius 1 is 1.37 bits per heavy atom. The lowest BCUT2D eigenvalue weighted by Crippen LogP contribution is -2.38. The fourth-order valence-electron chi connectivity index (χ4n) is 2.98. The van der Waals surface area contributed by atoms with Gasteiger partial charge in [-0.15, -0.1) is 0 Å². The maximum absolute atomic E-state index is 14.0.